The van der Waals surface area contributed by atoms with Crippen molar-refractivity contribution >= 4 is 29.3 Å². The van der Waals surface area contributed by atoms with Crippen LogP contribution in [-0.2, 0) is 16.1 Å². The number of aryl methyl sites for hydroxylation is 1. The Hall–Kier alpha value is -2.31. The molecule has 0 atom stereocenters. The van der Waals surface area contributed by atoms with E-state index in [1.165, 1.54) is 17.3 Å². The number of benzene rings is 2. The first-order chi connectivity index (χ1) is 13.9. The quantitative estimate of drug-likeness (QED) is 0.661. The maximum atomic E-state index is 12.6. The minimum absolute atomic E-state index is 0.0615. The molecule has 29 heavy (non-hydrogen) atoms. The second-order valence-corrected chi connectivity index (χ2v) is 8.48. The van der Waals surface area contributed by atoms with Crippen LogP contribution in [0.3, 0.4) is 0 Å². The zero-order chi connectivity index (χ0) is 20.8. The van der Waals surface area contributed by atoms with Crippen molar-refractivity contribution in [1.82, 2.24) is 5.32 Å². The summed E-state index contributed by atoms with van der Waals surface area (Å²) in [5.41, 5.74) is 3.63. The molecule has 0 unspecified atom stereocenters. The molecule has 1 aliphatic heterocycles. The summed E-state index contributed by atoms with van der Waals surface area (Å²) < 4.78 is 5.50. The van der Waals surface area contributed by atoms with Crippen LogP contribution < -0.4 is 10.2 Å². The first-order valence-corrected chi connectivity index (χ1v) is 10.9. The molecule has 0 radical (unpaired) electrons. The number of nitrogens with zero attached hydrogens (tertiary/aromatic N) is 1. The first kappa shape index (κ1) is 21.4. The predicted octanol–water partition coefficient (Wildman–Crippen LogP) is 4.18. The average Bonchev–Trinajstić information content (AvgIpc) is 2.70. The number of ether oxygens (including phenoxy) is 1. The molecule has 0 saturated carbocycles. The fourth-order valence-electron chi connectivity index (χ4n) is 3.09. The lowest BCUT2D eigenvalue weighted by molar-refractivity contribution is -0.116. The normalized spacial score (nSPS) is 13.5. The van der Waals surface area contributed by atoms with Crippen LogP contribution in [0.15, 0.2) is 47.4 Å². The second kappa shape index (κ2) is 9.94. The number of carbonyl (C=O) groups excluding carboxylic acids is 2. The molecule has 2 amide bonds. The van der Waals surface area contributed by atoms with Gasteiger partial charge in [0.25, 0.3) is 5.91 Å². The van der Waals surface area contributed by atoms with Crippen molar-refractivity contribution in [3.63, 3.8) is 0 Å². The molecule has 0 aliphatic carbocycles. The number of thioether (sulfide) groups is 1. The summed E-state index contributed by atoms with van der Waals surface area (Å²) in [4.78, 5) is 28.0. The molecular formula is C23H28N2O3S. The maximum Gasteiger partial charge on any atom is 0.251 e. The van der Waals surface area contributed by atoms with Crippen molar-refractivity contribution in [3.05, 3.63) is 59.2 Å². The van der Waals surface area contributed by atoms with Gasteiger partial charge in [0.2, 0.25) is 5.91 Å². The third kappa shape index (κ3) is 5.84. The van der Waals surface area contributed by atoms with E-state index in [1.54, 1.807) is 4.90 Å². The van der Waals surface area contributed by atoms with Gasteiger partial charge < -0.3 is 15.0 Å². The van der Waals surface area contributed by atoms with Crippen LogP contribution in [0.25, 0.3) is 0 Å². The lowest BCUT2D eigenvalue weighted by atomic mass is 10.1. The van der Waals surface area contributed by atoms with Crippen molar-refractivity contribution in [2.75, 3.05) is 23.8 Å². The Morgan fingerprint density at radius 3 is 2.69 bits per heavy atom. The first-order valence-electron chi connectivity index (χ1n) is 9.96. The van der Waals surface area contributed by atoms with Gasteiger partial charge in [-0.05, 0) is 51.0 Å². The summed E-state index contributed by atoms with van der Waals surface area (Å²) in [5.74, 6) is 0.349. The van der Waals surface area contributed by atoms with E-state index in [-0.39, 0.29) is 17.9 Å². The van der Waals surface area contributed by atoms with Gasteiger partial charge in [-0.15, -0.1) is 11.8 Å². The van der Waals surface area contributed by atoms with Crippen molar-refractivity contribution < 1.29 is 14.3 Å². The Morgan fingerprint density at radius 2 is 1.97 bits per heavy atom. The average molecular weight is 413 g/mol. The summed E-state index contributed by atoms with van der Waals surface area (Å²) in [6.45, 7) is 7.72. The van der Waals surface area contributed by atoms with Gasteiger partial charge in [-0.25, -0.2) is 0 Å². The molecule has 0 saturated heterocycles. The number of anilines is 1. The number of nitrogens with one attached hydrogen (secondary N) is 1. The molecule has 6 heteroatoms. The fraction of sp³-hybridized carbons (Fsp3) is 0.391. The van der Waals surface area contributed by atoms with E-state index < -0.39 is 0 Å². The highest BCUT2D eigenvalue weighted by molar-refractivity contribution is 8.00. The van der Waals surface area contributed by atoms with Crippen molar-refractivity contribution in [3.8, 4) is 0 Å². The number of fused-ring (bicyclic) bond motifs is 1. The van der Waals surface area contributed by atoms with Gasteiger partial charge in [0.1, 0.15) is 0 Å². The second-order valence-electron chi connectivity index (χ2n) is 7.47. The van der Waals surface area contributed by atoms with Gasteiger partial charge in [0.05, 0.1) is 24.1 Å². The number of carbonyl (C=O) groups is 2. The van der Waals surface area contributed by atoms with Crippen LogP contribution in [0.5, 0.6) is 0 Å². The van der Waals surface area contributed by atoms with Crippen LogP contribution in [0.4, 0.5) is 5.69 Å². The van der Waals surface area contributed by atoms with Gasteiger partial charge >= 0.3 is 0 Å². The van der Waals surface area contributed by atoms with E-state index in [0.29, 0.717) is 31.0 Å². The van der Waals surface area contributed by atoms with Gasteiger partial charge in [-0.2, -0.15) is 0 Å². The molecule has 1 heterocycles. The third-order valence-corrected chi connectivity index (χ3v) is 5.73. The predicted molar refractivity (Wildman–Crippen MR) is 118 cm³/mol. The Balaban J connectivity index is 1.70. The van der Waals surface area contributed by atoms with E-state index >= 15 is 0 Å². The van der Waals surface area contributed by atoms with Crippen molar-refractivity contribution in [2.24, 2.45) is 0 Å². The Morgan fingerprint density at radius 1 is 1.21 bits per heavy atom. The van der Waals surface area contributed by atoms with Crippen LogP contribution >= 0.6 is 11.8 Å². The van der Waals surface area contributed by atoms with Gasteiger partial charge in [0, 0.05) is 23.6 Å². The van der Waals surface area contributed by atoms with Gasteiger partial charge in [-0.3, -0.25) is 9.59 Å². The van der Waals surface area contributed by atoms with Crippen LogP contribution in [0, 0.1) is 6.92 Å². The number of hydrogen-bond acceptors (Lipinski definition) is 4. The molecule has 154 valence electrons. The van der Waals surface area contributed by atoms with Crippen molar-refractivity contribution in [1.29, 1.82) is 0 Å². The van der Waals surface area contributed by atoms with E-state index in [9.17, 15) is 9.59 Å². The van der Waals surface area contributed by atoms with E-state index in [2.05, 4.69) is 5.32 Å². The minimum Gasteiger partial charge on any atom is -0.379 e. The monoisotopic (exact) mass is 412 g/mol. The molecule has 2 aromatic rings. The molecule has 2 aromatic carbocycles. The van der Waals surface area contributed by atoms with Crippen LogP contribution in [0.2, 0.25) is 0 Å². The fourth-order valence-corrected chi connectivity index (χ4v) is 4.00. The van der Waals surface area contributed by atoms with Crippen LogP contribution in [-0.4, -0.2) is 36.8 Å². The molecule has 0 aromatic heterocycles. The van der Waals surface area contributed by atoms with Gasteiger partial charge in [-0.1, -0.05) is 29.8 Å². The standard InChI is InChI=1S/C23H28N2O3S/c1-16(2)28-12-4-11-24-23(27)19-9-10-21-20(13-19)25(22(26)15-29-21)14-18-7-5-17(3)6-8-18/h5-10,13,16H,4,11-12,14-15H2,1-3H3,(H,24,27). The molecule has 0 fully saturated rings. The molecule has 1 N–H and O–H groups in total. The molecule has 5 nitrogen and oxygen atoms in total. The van der Waals surface area contributed by atoms with E-state index in [0.717, 1.165) is 22.6 Å². The van der Waals surface area contributed by atoms with Crippen molar-refractivity contribution in [2.45, 2.75) is 44.7 Å². The topological polar surface area (TPSA) is 58.6 Å². The summed E-state index contributed by atoms with van der Waals surface area (Å²) in [6.07, 6.45) is 0.962. The summed E-state index contributed by atoms with van der Waals surface area (Å²) >= 11 is 1.52. The Bertz CT molecular complexity index is 865. The highest BCUT2D eigenvalue weighted by atomic mass is 32.2. The number of amides is 2. The SMILES string of the molecule is Cc1ccc(CN2C(=O)CSc3ccc(C(=O)NCCCOC(C)C)cc32)cc1. The van der Waals surface area contributed by atoms with E-state index in [4.69, 9.17) is 4.74 Å². The zero-order valence-corrected chi connectivity index (χ0v) is 18.1. The van der Waals surface area contributed by atoms with E-state index in [1.807, 2.05) is 63.2 Å². The molecule has 0 bridgehead atoms. The molecular weight excluding hydrogens is 384 g/mol. The maximum absolute atomic E-state index is 12.6. The molecule has 0 spiro atoms. The van der Waals surface area contributed by atoms with Gasteiger partial charge in [0.15, 0.2) is 0 Å². The lowest BCUT2D eigenvalue weighted by Gasteiger charge is -2.29. The summed E-state index contributed by atoms with van der Waals surface area (Å²) in [7, 11) is 0. The highest BCUT2D eigenvalue weighted by Crippen LogP contribution is 2.36. The largest absolute Gasteiger partial charge is 0.379 e. The smallest absolute Gasteiger partial charge is 0.251 e. The highest BCUT2D eigenvalue weighted by Gasteiger charge is 2.26. The number of rotatable bonds is 8. The Kier molecular flexibility index (Phi) is 7.34. The summed E-state index contributed by atoms with van der Waals surface area (Å²) in [6, 6.07) is 13.8. The zero-order valence-electron chi connectivity index (χ0n) is 17.2. The third-order valence-electron chi connectivity index (χ3n) is 4.68. The lowest BCUT2D eigenvalue weighted by Crippen LogP contribution is -2.35. The minimum atomic E-state index is -0.129. The number of hydrogen-bond donors (Lipinski definition) is 1. The summed E-state index contributed by atoms with van der Waals surface area (Å²) in [5, 5.41) is 2.93. The molecule has 1 aliphatic rings. The molecule has 3 rings (SSSR count). The Labute approximate surface area is 176 Å². The van der Waals surface area contributed by atoms with Crippen LogP contribution in [0.1, 0.15) is 41.8 Å².